The smallest absolute Gasteiger partial charge is 0.227 e. The van der Waals surface area contributed by atoms with Crippen molar-refractivity contribution in [3.63, 3.8) is 0 Å². The highest BCUT2D eigenvalue weighted by Crippen LogP contribution is 2.21. The summed E-state index contributed by atoms with van der Waals surface area (Å²) in [5, 5.41) is 0. The molecule has 1 aliphatic heterocycles. The van der Waals surface area contributed by atoms with Gasteiger partial charge in [-0.3, -0.25) is 4.79 Å². The van der Waals surface area contributed by atoms with Gasteiger partial charge in [-0.25, -0.2) is 0 Å². The predicted octanol–water partition coefficient (Wildman–Crippen LogP) is 4.45. The molecule has 3 rings (SSSR count). The first kappa shape index (κ1) is 21.4. The molecule has 2 aromatic carbocycles. The number of hydrogen-bond acceptors (Lipinski definition) is 3. The molecule has 1 fully saturated rings. The first-order valence-electron chi connectivity index (χ1n) is 10.8. The molecule has 0 aromatic heterocycles. The molecule has 1 heterocycles. The summed E-state index contributed by atoms with van der Waals surface area (Å²) < 4.78 is 5.24. The van der Waals surface area contributed by atoms with Crippen molar-refractivity contribution in [2.75, 3.05) is 26.7 Å². The molecule has 0 saturated carbocycles. The SMILES string of the molecule is CCCN1CCC(N(Cc2ccc(C)cc2)C(=O)Cc2ccc(OC)cc2)CC1. The highest BCUT2D eigenvalue weighted by atomic mass is 16.5. The average Bonchev–Trinajstić information content (AvgIpc) is 2.75. The van der Waals surface area contributed by atoms with E-state index in [1.807, 2.05) is 24.3 Å². The zero-order valence-electron chi connectivity index (χ0n) is 18.1. The van der Waals surface area contributed by atoms with Crippen LogP contribution in [0.4, 0.5) is 0 Å². The van der Waals surface area contributed by atoms with Gasteiger partial charge in [0.25, 0.3) is 0 Å². The topological polar surface area (TPSA) is 32.8 Å². The van der Waals surface area contributed by atoms with Gasteiger partial charge in [0, 0.05) is 25.7 Å². The van der Waals surface area contributed by atoms with Crippen LogP contribution in [-0.4, -0.2) is 48.5 Å². The summed E-state index contributed by atoms with van der Waals surface area (Å²) in [5.41, 5.74) is 3.49. The maximum Gasteiger partial charge on any atom is 0.227 e. The molecule has 1 aliphatic rings. The van der Waals surface area contributed by atoms with Crippen LogP contribution in [0.25, 0.3) is 0 Å². The Morgan fingerprint density at radius 2 is 1.66 bits per heavy atom. The second kappa shape index (κ2) is 10.4. The van der Waals surface area contributed by atoms with Gasteiger partial charge < -0.3 is 14.5 Å². The first-order chi connectivity index (χ1) is 14.1. The summed E-state index contributed by atoms with van der Waals surface area (Å²) in [6.45, 7) is 8.34. The number of amides is 1. The summed E-state index contributed by atoms with van der Waals surface area (Å²) in [5.74, 6) is 1.03. The number of benzene rings is 2. The number of piperidine rings is 1. The average molecular weight is 395 g/mol. The maximum atomic E-state index is 13.3. The van der Waals surface area contributed by atoms with E-state index in [9.17, 15) is 4.79 Å². The highest BCUT2D eigenvalue weighted by molar-refractivity contribution is 5.79. The predicted molar refractivity (Wildman–Crippen MR) is 118 cm³/mol. The van der Waals surface area contributed by atoms with Crippen molar-refractivity contribution in [3.05, 3.63) is 65.2 Å². The molecule has 0 spiro atoms. The Bertz CT molecular complexity index is 762. The van der Waals surface area contributed by atoms with Crippen LogP contribution >= 0.6 is 0 Å². The molecule has 29 heavy (non-hydrogen) atoms. The Kier molecular flexibility index (Phi) is 7.70. The van der Waals surface area contributed by atoms with Crippen LogP contribution in [0.2, 0.25) is 0 Å². The fourth-order valence-corrected chi connectivity index (χ4v) is 4.10. The second-order valence-corrected chi connectivity index (χ2v) is 8.10. The van der Waals surface area contributed by atoms with Crippen LogP contribution in [0.3, 0.4) is 0 Å². The van der Waals surface area contributed by atoms with Crippen molar-refractivity contribution in [2.24, 2.45) is 0 Å². The summed E-state index contributed by atoms with van der Waals surface area (Å²) in [7, 11) is 1.66. The number of hydrogen-bond donors (Lipinski definition) is 0. The van der Waals surface area contributed by atoms with E-state index in [0.717, 1.165) is 43.8 Å². The largest absolute Gasteiger partial charge is 0.497 e. The standard InChI is InChI=1S/C25H34N2O2/c1-4-15-26-16-13-23(14-17-26)27(19-22-7-5-20(2)6-8-22)25(28)18-21-9-11-24(29-3)12-10-21/h5-12,23H,4,13-19H2,1-3H3. The molecule has 156 valence electrons. The van der Waals surface area contributed by atoms with E-state index in [2.05, 4.69) is 47.9 Å². The minimum atomic E-state index is 0.213. The Hall–Kier alpha value is -2.33. The van der Waals surface area contributed by atoms with Gasteiger partial charge in [0.1, 0.15) is 5.75 Å². The quantitative estimate of drug-likeness (QED) is 0.663. The molecule has 0 atom stereocenters. The Morgan fingerprint density at radius 1 is 1.03 bits per heavy atom. The lowest BCUT2D eigenvalue weighted by Crippen LogP contribution is -2.47. The van der Waals surface area contributed by atoms with Crippen LogP contribution in [0, 0.1) is 6.92 Å². The number of rotatable bonds is 8. The molecular formula is C25H34N2O2. The molecular weight excluding hydrogens is 360 g/mol. The molecule has 0 radical (unpaired) electrons. The van der Waals surface area contributed by atoms with Crippen molar-refractivity contribution in [3.8, 4) is 5.75 Å². The van der Waals surface area contributed by atoms with Crippen LogP contribution in [0.15, 0.2) is 48.5 Å². The minimum absolute atomic E-state index is 0.213. The summed E-state index contributed by atoms with van der Waals surface area (Å²) in [6, 6.07) is 16.7. The van der Waals surface area contributed by atoms with E-state index in [1.54, 1.807) is 7.11 Å². The van der Waals surface area contributed by atoms with Gasteiger partial charge in [-0.15, -0.1) is 0 Å². The summed E-state index contributed by atoms with van der Waals surface area (Å²) in [6.07, 6.45) is 3.74. The third kappa shape index (κ3) is 6.07. The van der Waals surface area contributed by atoms with E-state index in [-0.39, 0.29) is 5.91 Å². The molecule has 0 unspecified atom stereocenters. The Morgan fingerprint density at radius 3 is 2.24 bits per heavy atom. The summed E-state index contributed by atoms with van der Waals surface area (Å²) in [4.78, 5) is 18.0. The zero-order valence-corrected chi connectivity index (χ0v) is 18.1. The normalized spacial score (nSPS) is 15.3. The number of carbonyl (C=O) groups is 1. The van der Waals surface area contributed by atoms with Gasteiger partial charge in [-0.2, -0.15) is 0 Å². The molecule has 0 bridgehead atoms. The van der Waals surface area contributed by atoms with Gasteiger partial charge in [-0.05, 0) is 56.0 Å². The van der Waals surface area contributed by atoms with Crippen LogP contribution < -0.4 is 4.74 Å². The van der Waals surface area contributed by atoms with Crippen molar-refractivity contribution < 1.29 is 9.53 Å². The van der Waals surface area contributed by atoms with E-state index in [0.29, 0.717) is 19.0 Å². The molecule has 0 N–H and O–H groups in total. The molecule has 0 aliphatic carbocycles. The van der Waals surface area contributed by atoms with Gasteiger partial charge in [0.15, 0.2) is 0 Å². The lowest BCUT2D eigenvalue weighted by Gasteiger charge is -2.38. The van der Waals surface area contributed by atoms with Gasteiger partial charge in [0.05, 0.1) is 13.5 Å². The van der Waals surface area contributed by atoms with Gasteiger partial charge in [-0.1, -0.05) is 48.9 Å². The third-order valence-electron chi connectivity index (χ3n) is 5.85. The third-order valence-corrected chi connectivity index (χ3v) is 5.85. The molecule has 4 nitrogen and oxygen atoms in total. The molecule has 2 aromatic rings. The van der Waals surface area contributed by atoms with Crippen LogP contribution in [0.5, 0.6) is 5.75 Å². The van der Waals surface area contributed by atoms with Crippen LogP contribution in [0.1, 0.15) is 42.9 Å². The number of likely N-dealkylation sites (tertiary alicyclic amines) is 1. The van der Waals surface area contributed by atoms with Gasteiger partial charge >= 0.3 is 0 Å². The second-order valence-electron chi connectivity index (χ2n) is 8.10. The van der Waals surface area contributed by atoms with E-state index >= 15 is 0 Å². The Labute approximate surface area is 175 Å². The number of methoxy groups -OCH3 is 1. The molecule has 4 heteroatoms. The first-order valence-corrected chi connectivity index (χ1v) is 10.8. The van der Waals surface area contributed by atoms with Crippen molar-refractivity contribution >= 4 is 5.91 Å². The van der Waals surface area contributed by atoms with Gasteiger partial charge in [0.2, 0.25) is 5.91 Å². The summed E-state index contributed by atoms with van der Waals surface area (Å²) >= 11 is 0. The van der Waals surface area contributed by atoms with E-state index in [1.165, 1.54) is 17.5 Å². The fraction of sp³-hybridized carbons (Fsp3) is 0.480. The lowest BCUT2D eigenvalue weighted by molar-refractivity contribution is -0.134. The number of aryl methyl sites for hydroxylation is 1. The minimum Gasteiger partial charge on any atom is -0.497 e. The van der Waals surface area contributed by atoms with Crippen molar-refractivity contribution in [1.29, 1.82) is 0 Å². The maximum absolute atomic E-state index is 13.3. The molecule has 1 saturated heterocycles. The fourth-order valence-electron chi connectivity index (χ4n) is 4.10. The zero-order chi connectivity index (χ0) is 20.6. The lowest BCUT2D eigenvalue weighted by atomic mass is 10.00. The van der Waals surface area contributed by atoms with E-state index < -0.39 is 0 Å². The van der Waals surface area contributed by atoms with E-state index in [4.69, 9.17) is 4.74 Å². The highest BCUT2D eigenvalue weighted by Gasteiger charge is 2.27. The number of ether oxygens (including phenoxy) is 1. The molecule has 1 amide bonds. The van der Waals surface area contributed by atoms with Crippen molar-refractivity contribution in [2.45, 2.75) is 52.1 Å². The van der Waals surface area contributed by atoms with Crippen LogP contribution in [-0.2, 0) is 17.8 Å². The number of carbonyl (C=O) groups excluding carboxylic acids is 1. The number of nitrogens with zero attached hydrogens (tertiary/aromatic N) is 2. The monoisotopic (exact) mass is 394 g/mol. The Balaban J connectivity index is 1.72. The van der Waals surface area contributed by atoms with Crippen molar-refractivity contribution in [1.82, 2.24) is 9.80 Å².